The van der Waals surface area contributed by atoms with Gasteiger partial charge in [0.05, 0.1) is 0 Å². The van der Waals surface area contributed by atoms with E-state index in [2.05, 4.69) is 0 Å². The number of benzene rings is 1. The lowest BCUT2D eigenvalue weighted by Crippen LogP contribution is -2.44. The van der Waals surface area contributed by atoms with Crippen LogP contribution in [0.3, 0.4) is 0 Å². The van der Waals surface area contributed by atoms with E-state index in [-0.39, 0.29) is 17.4 Å². The second-order valence-corrected chi connectivity index (χ2v) is 15.8. The van der Waals surface area contributed by atoms with E-state index < -0.39 is 41.9 Å². The Morgan fingerprint density at radius 2 is 1.57 bits per heavy atom. The predicted octanol–water partition coefficient (Wildman–Crippen LogP) is 9.79. The number of alkyl halides is 6. The molecule has 4 fully saturated rings. The van der Waals surface area contributed by atoms with Crippen LogP contribution >= 0.6 is 0 Å². The van der Waals surface area contributed by atoms with E-state index in [1.807, 2.05) is 6.07 Å². The fourth-order valence-corrected chi connectivity index (χ4v) is 11.4. The van der Waals surface area contributed by atoms with Gasteiger partial charge >= 0.3 is 12.1 Å². The number of phenolic OH excluding ortho intramolecular Hbond substituents is 1. The van der Waals surface area contributed by atoms with Crippen molar-refractivity contribution < 1.29 is 35.7 Å². The normalized spacial score (nSPS) is 36.8. The van der Waals surface area contributed by atoms with Gasteiger partial charge in [-0.05, 0) is 115 Å². The first-order valence-corrected chi connectivity index (χ1v) is 17.7. The largest absolute Gasteiger partial charge is 0.508 e. The van der Waals surface area contributed by atoms with Crippen molar-refractivity contribution in [1.29, 1.82) is 0 Å². The van der Waals surface area contributed by atoms with Crippen LogP contribution in [0, 0.1) is 34.5 Å². The maximum atomic E-state index is 16.2. The van der Waals surface area contributed by atoms with Gasteiger partial charge in [-0.3, -0.25) is 4.21 Å². The molecule has 236 valence electrons. The van der Waals surface area contributed by atoms with E-state index in [4.69, 9.17) is 0 Å². The second kappa shape index (κ2) is 11.3. The Bertz CT molecular complexity index is 1170. The number of halogens is 6. The van der Waals surface area contributed by atoms with E-state index in [0.29, 0.717) is 40.8 Å². The Morgan fingerprint density at radius 3 is 2.26 bits per heavy atom. The molecule has 6 rings (SSSR count). The lowest BCUT2D eigenvalue weighted by molar-refractivity contribution is -0.284. The number of hydrogen-bond donors (Lipinski definition) is 1. The van der Waals surface area contributed by atoms with Gasteiger partial charge in [-0.15, -0.1) is 0 Å². The highest BCUT2D eigenvalue weighted by molar-refractivity contribution is 7.84. The van der Waals surface area contributed by atoms with Crippen LogP contribution in [0.4, 0.5) is 26.3 Å². The van der Waals surface area contributed by atoms with Gasteiger partial charge in [0, 0.05) is 28.7 Å². The van der Waals surface area contributed by atoms with Crippen LogP contribution in [0.15, 0.2) is 18.2 Å². The van der Waals surface area contributed by atoms with Crippen molar-refractivity contribution in [1.82, 2.24) is 0 Å². The highest BCUT2D eigenvalue weighted by Gasteiger charge is 2.92. The molecule has 9 heteroatoms. The van der Waals surface area contributed by atoms with Crippen LogP contribution in [0.25, 0.3) is 0 Å². The predicted molar refractivity (Wildman–Crippen MR) is 152 cm³/mol. The van der Waals surface area contributed by atoms with Crippen LogP contribution in [0.1, 0.15) is 120 Å². The molecule has 0 bridgehead atoms. The van der Waals surface area contributed by atoms with Crippen molar-refractivity contribution in [2.75, 3.05) is 11.5 Å². The Hall–Kier alpha value is -1.25. The van der Waals surface area contributed by atoms with Crippen LogP contribution in [-0.4, -0.2) is 32.9 Å². The molecule has 0 aliphatic heterocycles. The Labute approximate surface area is 247 Å². The fraction of sp³-hybridized carbons (Fsp3) is 0.818. The Balaban J connectivity index is 0.918. The topological polar surface area (TPSA) is 37.3 Å². The summed E-state index contributed by atoms with van der Waals surface area (Å²) in [4.78, 5) is 0. The molecule has 2 spiro atoms. The molecular weight excluding hydrogens is 574 g/mol. The molecule has 1 aromatic rings. The molecule has 0 aromatic heterocycles. The lowest BCUT2D eigenvalue weighted by atomic mass is 9.52. The van der Waals surface area contributed by atoms with E-state index >= 15 is 4.39 Å². The number of rotatable bonds is 14. The van der Waals surface area contributed by atoms with Crippen molar-refractivity contribution in [2.45, 2.75) is 121 Å². The summed E-state index contributed by atoms with van der Waals surface area (Å²) in [5.74, 6) is -1.94. The van der Waals surface area contributed by atoms with Gasteiger partial charge < -0.3 is 5.11 Å². The molecule has 8 unspecified atom stereocenters. The van der Waals surface area contributed by atoms with Crippen molar-refractivity contribution >= 4 is 10.8 Å². The standard InChI is InChI=1S/C33H44F6O2S/c34-29-24(9-6-4-2-1-3-5-7-17-42(41)18-8-14-32(35,36)33(37,38)39)28-23(22-11-10-21(40)19-25(22)29)12-16-31-26(28)13-15-30(31)20-27(30)31/h10-11,19,23-24,26-29,40H,1-9,12-18,20H2/t23?,24-,26?,27?,28?,29?,30?,31?,42?/m0/s1. The molecule has 0 radical (unpaired) electrons. The molecule has 5 aliphatic carbocycles. The van der Waals surface area contributed by atoms with Crippen molar-refractivity contribution in [3.63, 3.8) is 0 Å². The maximum Gasteiger partial charge on any atom is 0.453 e. The lowest BCUT2D eigenvalue weighted by Gasteiger charge is -2.52. The average Bonchev–Trinajstić information content (AvgIpc) is 3.77. The van der Waals surface area contributed by atoms with Gasteiger partial charge in [0.15, 0.2) is 0 Å². The highest BCUT2D eigenvalue weighted by atomic mass is 32.2. The minimum atomic E-state index is -5.55. The van der Waals surface area contributed by atoms with Gasteiger partial charge in [0.25, 0.3) is 0 Å². The SMILES string of the molecule is O=S(CCCCCCCCC[C@@H]1C(F)c2cc(O)ccc2C2CCC34C(CCC35CC54)C21)CCCC(F)(F)C(F)(F)F. The first kappa shape index (κ1) is 30.8. The molecular formula is C33H44F6O2S. The van der Waals surface area contributed by atoms with Crippen molar-refractivity contribution in [3.8, 4) is 5.75 Å². The van der Waals surface area contributed by atoms with Gasteiger partial charge in [0.1, 0.15) is 11.9 Å². The molecule has 42 heavy (non-hydrogen) atoms. The van der Waals surface area contributed by atoms with E-state index in [1.165, 1.54) is 25.7 Å². The molecule has 4 saturated carbocycles. The number of hydrogen-bond acceptors (Lipinski definition) is 2. The summed E-state index contributed by atoms with van der Waals surface area (Å²) in [6.07, 6.45) is 5.66. The van der Waals surface area contributed by atoms with Crippen LogP contribution in [0.2, 0.25) is 0 Å². The molecule has 0 heterocycles. The maximum absolute atomic E-state index is 16.2. The third-order valence-corrected chi connectivity index (χ3v) is 13.7. The van der Waals surface area contributed by atoms with E-state index in [1.54, 1.807) is 12.1 Å². The fourth-order valence-electron chi connectivity index (χ4n) is 10.2. The summed E-state index contributed by atoms with van der Waals surface area (Å²) >= 11 is 0. The first-order chi connectivity index (χ1) is 19.9. The van der Waals surface area contributed by atoms with Gasteiger partial charge in [0.2, 0.25) is 0 Å². The monoisotopic (exact) mass is 618 g/mol. The third kappa shape index (κ3) is 5.13. The molecule has 1 N–H and O–H groups in total. The number of aromatic hydroxyl groups is 1. The summed E-state index contributed by atoms with van der Waals surface area (Å²) in [6, 6.07) is 5.39. The first-order valence-electron chi connectivity index (χ1n) is 16.2. The van der Waals surface area contributed by atoms with Crippen LogP contribution in [-0.2, 0) is 10.8 Å². The molecule has 0 amide bonds. The molecule has 2 nitrogen and oxygen atoms in total. The molecule has 9 atom stereocenters. The number of unbranched alkanes of at least 4 members (excludes halogenated alkanes) is 6. The summed E-state index contributed by atoms with van der Waals surface area (Å²) < 4.78 is 90.8. The van der Waals surface area contributed by atoms with Crippen molar-refractivity contribution in [2.24, 2.45) is 34.5 Å². The summed E-state index contributed by atoms with van der Waals surface area (Å²) in [5.41, 5.74) is 3.02. The van der Waals surface area contributed by atoms with E-state index in [9.17, 15) is 31.3 Å². The number of phenols is 1. The van der Waals surface area contributed by atoms with Gasteiger partial charge in [-0.1, -0.05) is 44.6 Å². The summed E-state index contributed by atoms with van der Waals surface area (Å²) in [7, 11) is -1.37. The Morgan fingerprint density at radius 1 is 0.881 bits per heavy atom. The highest BCUT2D eigenvalue weighted by Crippen LogP contribution is 2.99. The second-order valence-electron chi connectivity index (χ2n) is 14.1. The zero-order chi connectivity index (χ0) is 29.9. The van der Waals surface area contributed by atoms with Crippen LogP contribution in [0.5, 0.6) is 5.75 Å². The van der Waals surface area contributed by atoms with Gasteiger partial charge in [-0.25, -0.2) is 4.39 Å². The summed E-state index contributed by atoms with van der Waals surface area (Å²) in [6.45, 7) is 0. The van der Waals surface area contributed by atoms with Gasteiger partial charge in [-0.2, -0.15) is 22.0 Å². The third-order valence-electron chi connectivity index (χ3n) is 12.2. The zero-order valence-electron chi connectivity index (χ0n) is 24.2. The summed E-state index contributed by atoms with van der Waals surface area (Å²) in [5, 5.41) is 10.1. The number of fused-ring (bicyclic) bond motifs is 4. The average molecular weight is 619 g/mol. The quantitative estimate of drug-likeness (QED) is 0.167. The molecule has 1 aromatic carbocycles. The minimum Gasteiger partial charge on any atom is -0.508 e. The van der Waals surface area contributed by atoms with Crippen LogP contribution < -0.4 is 0 Å². The van der Waals surface area contributed by atoms with E-state index in [0.717, 1.165) is 68.4 Å². The smallest absolute Gasteiger partial charge is 0.453 e. The van der Waals surface area contributed by atoms with Crippen molar-refractivity contribution in [3.05, 3.63) is 29.3 Å². The zero-order valence-corrected chi connectivity index (χ0v) is 25.1. The molecule has 0 saturated heterocycles. The minimum absolute atomic E-state index is 0.0210. The Kier molecular flexibility index (Phi) is 8.26. The molecule has 5 aliphatic rings.